The number of nitrogens with one attached hydrogen (secondary N) is 1. The minimum atomic E-state index is -0.245. The molecule has 0 spiro atoms. The predicted octanol–water partition coefficient (Wildman–Crippen LogP) is 3.14. The van der Waals surface area contributed by atoms with Crippen molar-refractivity contribution in [3.63, 3.8) is 0 Å². The van der Waals surface area contributed by atoms with Crippen molar-refractivity contribution < 1.29 is 23.8 Å². The van der Waals surface area contributed by atoms with Crippen molar-refractivity contribution in [3.8, 4) is 5.75 Å². The number of nitrogens with zero attached hydrogens (tertiary/aromatic N) is 2. The van der Waals surface area contributed by atoms with E-state index < -0.39 is 0 Å². The zero-order valence-electron chi connectivity index (χ0n) is 18.5. The summed E-state index contributed by atoms with van der Waals surface area (Å²) >= 11 is 0. The van der Waals surface area contributed by atoms with Gasteiger partial charge in [0.1, 0.15) is 5.75 Å². The number of benzene rings is 2. The Morgan fingerprint density at radius 2 is 1.94 bits per heavy atom. The number of morpholine rings is 1. The van der Waals surface area contributed by atoms with Crippen LogP contribution in [0.5, 0.6) is 5.75 Å². The molecule has 1 amide bonds. The fourth-order valence-corrected chi connectivity index (χ4v) is 3.73. The van der Waals surface area contributed by atoms with Crippen LogP contribution in [-0.2, 0) is 20.7 Å². The van der Waals surface area contributed by atoms with E-state index in [1.807, 2.05) is 35.3 Å². The maximum Gasteiger partial charge on any atom is 0.305 e. The van der Waals surface area contributed by atoms with Gasteiger partial charge in [-0.25, -0.2) is 0 Å². The second-order valence-corrected chi connectivity index (χ2v) is 7.87. The van der Waals surface area contributed by atoms with Crippen LogP contribution in [0.2, 0.25) is 0 Å². The van der Waals surface area contributed by atoms with E-state index in [2.05, 4.69) is 10.4 Å². The van der Waals surface area contributed by atoms with E-state index in [1.54, 1.807) is 18.3 Å². The molecule has 2 heterocycles. The Morgan fingerprint density at radius 3 is 2.67 bits per heavy atom. The Balaban J connectivity index is 0.00000306. The molecule has 2 aliphatic rings. The third-order valence-electron chi connectivity index (χ3n) is 5.51. The van der Waals surface area contributed by atoms with Crippen molar-refractivity contribution in [1.82, 2.24) is 5.01 Å². The van der Waals surface area contributed by atoms with E-state index in [-0.39, 0.29) is 30.2 Å². The summed E-state index contributed by atoms with van der Waals surface area (Å²) in [6.45, 7) is 3.43. The number of hydrogen-bond donors (Lipinski definition) is 1. The third kappa shape index (κ3) is 6.69. The van der Waals surface area contributed by atoms with E-state index >= 15 is 0 Å². The minimum Gasteiger partial charge on any atom is -0.493 e. The molecule has 1 saturated heterocycles. The number of ether oxygens (including phenoxy) is 3. The topological polar surface area (TPSA) is 89.5 Å². The lowest BCUT2D eigenvalue weighted by molar-refractivity contribution is -0.142. The highest BCUT2D eigenvalue weighted by molar-refractivity contribution is 6.04. The molecule has 2 aromatic carbocycles. The number of hydrogen-bond acceptors (Lipinski definition) is 7. The van der Waals surface area contributed by atoms with Crippen LogP contribution < -0.4 is 10.1 Å². The van der Waals surface area contributed by atoms with Gasteiger partial charge in [0.2, 0.25) is 0 Å². The molecule has 1 fully saturated rings. The Bertz CT molecular complexity index is 990. The molecule has 33 heavy (non-hydrogen) atoms. The molecule has 1 unspecified atom stereocenters. The number of hydrazone groups is 1. The SMILES string of the molecule is COC(=O)CC1COc2ccc(NC(=O)c3ccc(/C=N/N4CCOCC4)cc3)cc2C1.Cl. The van der Waals surface area contributed by atoms with Crippen molar-refractivity contribution in [2.75, 3.05) is 45.3 Å². The lowest BCUT2D eigenvalue weighted by Crippen LogP contribution is -2.32. The molecule has 8 nitrogen and oxygen atoms in total. The van der Waals surface area contributed by atoms with Crippen LogP contribution in [-0.4, -0.2) is 63.1 Å². The number of methoxy groups -OCH3 is 1. The summed E-state index contributed by atoms with van der Waals surface area (Å²) in [5.74, 6) is 0.412. The first kappa shape index (κ1) is 24.5. The van der Waals surface area contributed by atoms with Gasteiger partial charge in [0.05, 0.1) is 52.7 Å². The molecule has 1 N–H and O–H groups in total. The summed E-state index contributed by atoms with van der Waals surface area (Å²) in [6.07, 6.45) is 2.81. The summed E-state index contributed by atoms with van der Waals surface area (Å²) in [7, 11) is 1.39. The fourth-order valence-electron chi connectivity index (χ4n) is 3.73. The third-order valence-corrected chi connectivity index (χ3v) is 5.51. The average Bonchev–Trinajstić information content (AvgIpc) is 2.83. The molecule has 0 bridgehead atoms. The minimum absolute atomic E-state index is 0. The van der Waals surface area contributed by atoms with E-state index in [9.17, 15) is 9.59 Å². The van der Waals surface area contributed by atoms with Gasteiger partial charge in [-0.1, -0.05) is 12.1 Å². The van der Waals surface area contributed by atoms with Gasteiger partial charge in [0, 0.05) is 17.2 Å². The second-order valence-electron chi connectivity index (χ2n) is 7.87. The lowest BCUT2D eigenvalue weighted by atomic mass is 9.94. The smallest absolute Gasteiger partial charge is 0.305 e. The summed E-state index contributed by atoms with van der Waals surface area (Å²) in [5, 5.41) is 9.36. The van der Waals surface area contributed by atoms with Crippen LogP contribution in [0, 0.1) is 5.92 Å². The van der Waals surface area contributed by atoms with Gasteiger partial charge in [-0.3, -0.25) is 14.6 Å². The summed E-state index contributed by atoms with van der Waals surface area (Å²) in [6, 6.07) is 12.9. The molecule has 0 aromatic heterocycles. The lowest BCUT2D eigenvalue weighted by Gasteiger charge is -2.25. The molecule has 176 valence electrons. The maximum atomic E-state index is 12.7. The Labute approximate surface area is 199 Å². The standard InChI is InChI=1S/C24H27N3O5.ClH/c1-30-23(28)13-18-12-20-14-21(6-7-22(20)32-16-18)26-24(29)19-4-2-17(3-5-19)15-25-27-8-10-31-11-9-27;/h2-7,14-15,18H,8-13,16H2,1H3,(H,26,29);1H/b25-15+;. The van der Waals surface area contributed by atoms with Gasteiger partial charge in [0.15, 0.2) is 0 Å². The molecule has 0 saturated carbocycles. The quantitative estimate of drug-likeness (QED) is 0.512. The molecule has 0 aliphatic carbocycles. The van der Waals surface area contributed by atoms with E-state index in [0.29, 0.717) is 43.9 Å². The first-order chi connectivity index (χ1) is 15.6. The first-order valence-electron chi connectivity index (χ1n) is 10.7. The van der Waals surface area contributed by atoms with Crippen molar-refractivity contribution in [1.29, 1.82) is 0 Å². The number of carbonyl (C=O) groups excluding carboxylic acids is 2. The highest BCUT2D eigenvalue weighted by Gasteiger charge is 2.23. The van der Waals surface area contributed by atoms with E-state index in [0.717, 1.165) is 30.0 Å². The molecule has 9 heteroatoms. The first-order valence-corrected chi connectivity index (χ1v) is 10.7. The number of rotatable bonds is 6. The maximum absolute atomic E-state index is 12.7. The van der Waals surface area contributed by atoms with Gasteiger partial charge >= 0.3 is 5.97 Å². The average molecular weight is 474 g/mol. The van der Waals surface area contributed by atoms with Crippen molar-refractivity contribution in [2.45, 2.75) is 12.8 Å². The van der Waals surface area contributed by atoms with Crippen LogP contribution in [0.15, 0.2) is 47.6 Å². The number of carbonyl (C=O) groups is 2. The van der Waals surface area contributed by atoms with Crippen LogP contribution in [0.4, 0.5) is 5.69 Å². The molecular formula is C24H28ClN3O5. The van der Waals surface area contributed by atoms with Gasteiger partial charge < -0.3 is 19.5 Å². The van der Waals surface area contributed by atoms with Crippen LogP contribution in [0.3, 0.4) is 0 Å². The molecule has 1 atom stereocenters. The second kappa shape index (κ2) is 11.7. The summed E-state index contributed by atoms with van der Waals surface area (Å²) < 4.78 is 15.8. The van der Waals surface area contributed by atoms with E-state index in [4.69, 9.17) is 14.2 Å². The van der Waals surface area contributed by atoms with Crippen molar-refractivity contribution in [2.24, 2.45) is 11.0 Å². The molecular weight excluding hydrogens is 446 g/mol. The molecule has 2 aliphatic heterocycles. The van der Waals surface area contributed by atoms with E-state index in [1.165, 1.54) is 7.11 Å². The number of esters is 1. The van der Waals surface area contributed by atoms with Gasteiger partial charge in [0.25, 0.3) is 5.91 Å². The van der Waals surface area contributed by atoms with Gasteiger partial charge in [-0.2, -0.15) is 5.10 Å². The predicted molar refractivity (Wildman–Crippen MR) is 127 cm³/mol. The molecule has 0 radical (unpaired) electrons. The monoisotopic (exact) mass is 473 g/mol. The number of amides is 1. The largest absolute Gasteiger partial charge is 0.493 e. The zero-order chi connectivity index (χ0) is 22.3. The normalized spacial score (nSPS) is 17.5. The summed E-state index contributed by atoms with van der Waals surface area (Å²) in [4.78, 5) is 24.2. The van der Waals surface area contributed by atoms with Crippen molar-refractivity contribution in [3.05, 3.63) is 59.2 Å². The highest BCUT2D eigenvalue weighted by atomic mass is 35.5. The number of anilines is 1. The Hall–Kier alpha value is -3.10. The van der Waals surface area contributed by atoms with Gasteiger partial charge in [-0.15, -0.1) is 12.4 Å². The zero-order valence-corrected chi connectivity index (χ0v) is 19.3. The van der Waals surface area contributed by atoms with Crippen LogP contribution in [0.1, 0.15) is 27.9 Å². The van der Waals surface area contributed by atoms with Crippen LogP contribution in [0.25, 0.3) is 0 Å². The summed E-state index contributed by atoms with van der Waals surface area (Å²) in [5.41, 5.74) is 3.15. The van der Waals surface area contributed by atoms with Crippen molar-refractivity contribution >= 4 is 36.2 Å². The Kier molecular flexibility index (Phi) is 8.68. The number of fused-ring (bicyclic) bond motifs is 1. The number of halogens is 1. The fraction of sp³-hybridized carbons (Fsp3) is 0.375. The van der Waals surface area contributed by atoms with Gasteiger partial charge in [-0.05, 0) is 47.9 Å². The molecule has 2 aromatic rings. The highest BCUT2D eigenvalue weighted by Crippen LogP contribution is 2.31. The van der Waals surface area contributed by atoms with Crippen LogP contribution >= 0.6 is 12.4 Å². The molecule has 4 rings (SSSR count). The Morgan fingerprint density at radius 1 is 1.18 bits per heavy atom.